The standard InChI is InChI=1S/C16H15BrClN/c17-14-7-8-16(13(10-14)11-18)19-9-3-5-12-4-1-2-6-15(12)19/h1-2,4,6-8,10H,3,5,9,11H2. The molecule has 0 aliphatic carbocycles. The topological polar surface area (TPSA) is 3.24 Å². The fraction of sp³-hybridized carbons (Fsp3) is 0.250. The molecule has 0 N–H and O–H groups in total. The summed E-state index contributed by atoms with van der Waals surface area (Å²) in [5.74, 6) is 0.535. The zero-order chi connectivity index (χ0) is 13.2. The van der Waals surface area contributed by atoms with Gasteiger partial charge in [0.25, 0.3) is 0 Å². The van der Waals surface area contributed by atoms with Crippen molar-refractivity contribution < 1.29 is 0 Å². The Kier molecular flexibility index (Phi) is 3.81. The van der Waals surface area contributed by atoms with Gasteiger partial charge in [-0.15, -0.1) is 11.6 Å². The largest absolute Gasteiger partial charge is 0.341 e. The highest BCUT2D eigenvalue weighted by Gasteiger charge is 2.19. The predicted molar refractivity (Wildman–Crippen MR) is 85.5 cm³/mol. The minimum absolute atomic E-state index is 0.535. The second-order valence-corrected chi connectivity index (χ2v) is 5.97. The number of rotatable bonds is 2. The van der Waals surface area contributed by atoms with Gasteiger partial charge in [-0.2, -0.15) is 0 Å². The van der Waals surface area contributed by atoms with Crippen LogP contribution in [0, 0.1) is 0 Å². The lowest BCUT2D eigenvalue weighted by atomic mass is 10.0. The maximum atomic E-state index is 6.10. The van der Waals surface area contributed by atoms with Crippen molar-refractivity contribution in [2.24, 2.45) is 0 Å². The molecule has 0 radical (unpaired) electrons. The third kappa shape index (κ3) is 2.52. The molecule has 0 amide bonds. The van der Waals surface area contributed by atoms with Crippen molar-refractivity contribution >= 4 is 38.9 Å². The van der Waals surface area contributed by atoms with E-state index in [2.05, 4.69) is 63.3 Å². The number of hydrogen-bond acceptors (Lipinski definition) is 1. The molecule has 2 aromatic rings. The number of nitrogens with zero attached hydrogens (tertiary/aromatic N) is 1. The van der Waals surface area contributed by atoms with Crippen LogP contribution >= 0.6 is 27.5 Å². The maximum Gasteiger partial charge on any atom is 0.0495 e. The van der Waals surface area contributed by atoms with Gasteiger partial charge in [-0.1, -0.05) is 34.1 Å². The molecular weight excluding hydrogens is 322 g/mol. The molecule has 1 heterocycles. The second kappa shape index (κ2) is 5.56. The average Bonchev–Trinajstić information content (AvgIpc) is 2.46. The van der Waals surface area contributed by atoms with Crippen molar-refractivity contribution in [2.75, 3.05) is 11.4 Å². The van der Waals surface area contributed by atoms with Gasteiger partial charge in [0.15, 0.2) is 0 Å². The summed E-state index contributed by atoms with van der Waals surface area (Å²) in [5.41, 5.74) is 5.15. The van der Waals surface area contributed by atoms with E-state index in [1.54, 1.807) is 0 Å². The molecule has 98 valence electrons. The van der Waals surface area contributed by atoms with Crippen LogP contribution in [0.4, 0.5) is 11.4 Å². The van der Waals surface area contributed by atoms with Gasteiger partial charge in [0.05, 0.1) is 0 Å². The third-order valence-corrected chi connectivity index (χ3v) is 4.37. The summed E-state index contributed by atoms with van der Waals surface area (Å²) >= 11 is 9.62. The monoisotopic (exact) mass is 335 g/mol. The summed E-state index contributed by atoms with van der Waals surface area (Å²) in [6, 6.07) is 15.0. The van der Waals surface area contributed by atoms with Gasteiger partial charge < -0.3 is 4.90 Å². The van der Waals surface area contributed by atoms with Crippen LogP contribution in [-0.2, 0) is 12.3 Å². The Bertz CT molecular complexity index is 597. The van der Waals surface area contributed by atoms with Crippen LogP contribution in [0.25, 0.3) is 0 Å². The van der Waals surface area contributed by atoms with Gasteiger partial charge in [0, 0.05) is 28.3 Å². The van der Waals surface area contributed by atoms with E-state index in [0.717, 1.165) is 11.0 Å². The smallest absolute Gasteiger partial charge is 0.0495 e. The Hall–Kier alpha value is -0.990. The molecule has 0 spiro atoms. The van der Waals surface area contributed by atoms with Crippen LogP contribution in [0.15, 0.2) is 46.9 Å². The van der Waals surface area contributed by atoms with Gasteiger partial charge in [0.2, 0.25) is 0 Å². The van der Waals surface area contributed by atoms with E-state index >= 15 is 0 Å². The average molecular weight is 337 g/mol. The van der Waals surface area contributed by atoms with E-state index in [-0.39, 0.29) is 0 Å². The summed E-state index contributed by atoms with van der Waals surface area (Å²) < 4.78 is 1.08. The van der Waals surface area contributed by atoms with Crippen LogP contribution in [0.5, 0.6) is 0 Å². The molecule has 3 rings (SSSR count). The molecule has 0 fully saturated rings. The number of halogens is 2. The van der Waals surface area contributed by atoms with E-state index in [1.807, 2.05) is 0 Å². The maximum absolute atomic E-state index is 6.10. The normalized spacial score (nSPS) is 14.3. The van der Waals surface area contributed by atoms with Gasteiger partial charge >= 0.3 is 0 Å². The van der Waals surface area contributed by atoms with E-state index in [0.29, 0.717) is 5.88 Å². The van der Waals surface area contributed by atoms with Crippen LogP contribution < -0.4 is 4.90 Å². The van der Waals surface area contributed by atoms with Gasteiger partial charge in [-0.3, -0.25) is 0 Å². The first-order valence-electron chi connectivity index (χ1n) is 6.49. The quantitative estimate of drug-likeness (QED) is 0.675. The number of fused-ring (bicyclic) bond motifs is 1. The minimum atomic E-state index is 0.535. The number of para-hydroxylation sites is 1. The van der Waals surface area contributed by atoms with Crippen molar-refractivity contribution in [1.29, 1.82) is 0 Å². The van der Waals surface area contributed by atoms with Crippen molar-refractivity contribution in [1.82, 2.24) is 0 Å². The van der Waals surface area contributed by atoms with Crippen LogP contribution in [-0.4, -0.2) is 6.54 Å². The van der Waals surface area contributed by atoms with E-state index in [9.17, 15) is 0 Å². The molecular formula is C16H15BrClN. The van der Waals surface area contributed by atoms with Crippen LogP contribution in [0.3, 0.4) is 0 Å². The summed E-state index contributed by atoms with van der Waals surface area (Å²) in [6.45, 7) is 1.06. The predicted octanol–water partition coefficient (Wildman–Crippen LogP) is 5.27. The van der Waals surface area contributed by atoms with Crippen molar-refractivity contribution in [3.8, 4) is 0 Å². The highest BCUT2D eigenvalue weighted by Crippen LogP contribution is 2.36. The van der Waals surface area contributed by atoms with E-state index in [4.69, 9.17) is 11.6 Å². The Morgan fingerprint density at radius 2 is 1.95 bits per heavy atom. The molecule has 1 aliphatic rings. The van der Waals surface area contributed by atoms with Gasteiger partial charge in [0.1, 0.15) is 0 Å². The lowest BCUT2D eigenvalue weighted by Crippen LogP contribution is -2.25. The van der Waals surface area contributed by atoms with Crippen molar-refractivity contribution in [2.45, 2.75) is 18.7 Å². The van der Waals surface area contributed by atoms with Gasteiger partial charge in [-0.25, -0.2) is 0 Å². The highest BCUT2D eigenvalue weighted by molar-refractivity contribution is 9.10. The fourth-order valence-corrected chi connectivity index (χ4v) is 3.33. The molecule has 0 saturated carbocycles. The Morgan fingerprint density at radius 1 is 1.11 bits per heavy atom. The zero-order valence-electron chi connectivity index (χ0n) is 10.6. The Morgan fingerprint density at radius 3 is 2.79 bits per heavy atom. The molecule has 0 saturated heterocycles. The summed E-state index contributed by atoms with van der Waals surface area (Å²) in [7, 11) is 0. The lowest BCUT2D eigenvalue weighted by Gasteiger charge is -2.32. The second-order valence-electron chi connectivity index (χ2n) is 4.79. The van der Waals surface area contributed by atoms with E-state index < -0.39 is 0 Å². The highest BCUT2D eigenvalue weighted by atomic mass is 79.9. The van der Waals surface area contributed by atoms with Crippen molar-refractivity contribution in [3.63, 3.8) is 0 Å². The SMILES string of the molecule is ClCc1cc(Br)ccc1N1CCCc2ccccc21. The number of benzene rings is 2. The third-order valence-electron chi connectivity index (χ3n) is 3.59. The lowest BCUT2D eigenvalue weighted by molar-refractivity contribution is 0.765. The first-order valence-corrected chi connectivity index (χ1v) is 7.82. The summed E-state index contributed by atoms with van der Waals surface area (Å²) in [6.07, 6.45) is 2.36. The molecule has 19 heavy (non-hydrogen) atoms. The summed E-state index contributed by atoms with van der Waals surface area (Å²) in [4.78, 5) is 2.39. The summed E-state index contributed by atoms with van der Waals surface area (Å²) in [5, 5.41) is 0. The van der Waals surface area contributed by atoms with Gasteiger partial charge in [-0.05, 0) is 48.2 Å². The Balaban J connectivity index is 2.09. The molecule has 3 heteroatoms. The first-order chi connectivity index (χ1) is 9.29. The Labute approximate surface area is 127 Å². The van der Waals surface area contributed by atoms with Crippen LogP contribution in [0.1, 0.15) is 17.5 Å². The number of aryl methyl sites for hydroxylation is 1. The van der Waals surface area contributed by atoms with Crippen molar-refractivity contribution in [3.05, 3.63) is 58.1 Å². The van der Waals surface area contributed by atoms with E-state index in [1.165, 1.54) is 35.3 Å². The molecule has 1 aliphatic heterocycles. The molecule has 0 unspecified atom stereocenters. The molecule has 1 nitrogen and oxygen atoms in total. The number of anilines is 2. The number of hydrogen-bond donors (Lipinski definition) is 0. The number of alkyl halides is 1. The van der Waals surface area contributed by atoms with Crippen LogP contribution in [0.2, 0.25) is 0 Å². The molecule has 2 aromatic carbocycles. The zero-order valence-corrected chi connectivity index (χ0v) is 12.9. The minimum Gasteiger partial charge on any atom is -0.341 e. The first kappa shape index (κ1) is 13.0. The molecule has 0 aromatic heterocycles. The molecule has 0 atom stereocenters. The fourth-order valence-electron chi connectivity index (χ4n) is 2.71. The molecule has 0 bridgehead atoms.